The molecule has 1 heterocycles. The number of hydrogen-bond donors (Lipinski definition) is 3. The summed E-state index contributed by atoms with van der Waals surface area (Å²) in [5.74, 6) is 4.06. The van der Waals surface area contributed by atoms with E-state index in [0.29, 0.717) is 29.7 Å². The highest BCUT2D eigenvalue weighted by atomic mass is 16.3. The molecule has 5 aliphatic rings. The Hall–Kier alpha value is -0.380. The fourth-order valence-corrected chi connectivity index (χ4v) is 9.25. The van der Waals surface area contributed by atoms with E-state index in [0.717, 1.165) is 44.1 Å². The average Bonchev–Trinajstić information content (AvgIpc) is 3.08. The molecule has 0 bridgehead atoms. The van der Waals surface area contributed by atoms with E-state index >= 15 is 0 Å². The first-order valence-electron chi connectivity index (χ1n) is 13.0. The summed E-state index contributed by atoms with van der Waals surface area (Å²) in [4.78, 5) is 0. The smallest absolute Gasteiger partial charge is 0.0602 e. The Morgan fingerprint density at radius 1 is 1.07 bits per heavy atom. The summed E-state index contributed by atoms with van der Waals surface area (Å²) < 4.78 is 0. The number of aliphatic hydroxyl groups excluding tert-OH is 2. The van der Waals surface area contributed by atoms with Gasteiger partial charge in [-0.1, -0.05) is 39.3 Å². The third-order valence-electron chi connectivity index (χ3n) is 11.2. The summed E-state index contributed by atoms with van der Waals surface area (Å²) >= 11 is 0. The average molecular weight is 416 g/mol. The Bertz CT molecular complexity index is 682. The Balaban J connectivity index is 1.40. The molecular formula is C27H45NO2. The van der Waals surface area contributed by atoms with Crippen LogP contribution in [0.1, 0.15) is 85.5 Å². The maximum absolute atomic E-state index is 11.7. The monoisotopic (exact) mass is 415 g/mol. The first-order valence-corrected chi connectivity index (χ1v) is 13.0. The molecule has 0 unspecified atom stereocenters. The number of rotatable bonds is 2. The summed E-state index contributed by atoms with van der Waals surface area (Å²) in [7, 11) is 0. The van der Waals surface area contributed by atoms with Crippen LogP contribution < -0.4 is 5.32 Å². The lowest BCUT2D eigenvalue weighted by Crippen LogP contribution is -2.58. The predicted molar refractivity (Wildman–Crippen MR) is 122 cm³/mol. The standard InChI is InChI=1S/C27H45NO2/c1-16-5-10-24(28-15-16)17(2)21-8-9-22-20-7-6-18-13-19(29)11-12-26(18,3)23(20)14-25(30)27(21,22)4/h6,16-17,19-25,28-30H,5,7-15H2,1-4H3/t16-,17-,19-,20-,21+,22-,23-,24-,25+,26-,27+/m0/s1. The second-order valence-electron chi connectivity index (χ2n) is 12.5. The van der Waals surface area contributed by atoms with Crippen LogP contribution in [0.4, 0.5) is 0 Å². The minimum Gasteiger partial charge on any atom is -0.393 e. The second-order valence-corrected chi connectivity index (χ2v) is 12.5. The van der Waals surface area contributed by atoms with Crippen molar-refractivity contribution in [2.45, 2.75) is 104 Å². The molecule has 0 aromatic rings. The van der Waals surface area contributed by atoms with Gasteiger partial charge in [-0.2, -0.15) is 0 Å². The largest absolute Gasteiger partial charge is 0.393 e. The van der Waals surface area contributed by atoms with Crippen LogP contribution in [0.25, 0.3) is 0 Å². The Kier molecular flexibility index (Phi) is 5.43. The molecule has 1 saturated heterocycles. The van der Waals surface area contributed by atoms with Crippen LogP contribution in [0, 0.1) is 46.3 Å². The third-order valence-corrected chi connectivity index (χ3v) is 11.2. The first kappa shape index (κ1) is 21.5. The lowest BCUT2D eigenvalue weighted by atomic mass is 9.46. The lowest BCUT2D eigenvalue weighted by molar-refractivity contribution is -0.138. The van der Waals surface area contributed by atoms with Crippen molar-refractivity contribution in [2.24, 2.45) is 46.3 Å². The van der Waals surface area contributed by atoms with Gasteiger partial charge in [-0.05, 0) is 111 Å². The van der Waals surface area contributed by atoms with Gasteiger partial charge in [0.05, 0.1) is 12.2 Å². The molecular weight excluding hydrogens is 370 g/mol. The summed E-state index contributed by atoms with van der Waals surface area (Å²) in [5.41, 5.74) is 1.78. The SMILES string of the molecule is C[C@H]1CC[C@@H]([C@@H](C)[C@H]2CC[C@H]3[C@@H]4CC=C5C[C@@H](O)CC[C@]5(C)[C@H]4C[C@@H](O)[C@]23C)NC1. The normalized spacial score (nSPS) is 54.5. The van der Waals surface area contributed by atoms with Crippen molar-refractivity contribution in [3.63, 3.8) is 0 Å². The van der Waals surface area contributed by atoms with E-state index in [4.69, 9.17) is 0 Å². The fraction of sp³-hybridized carbons (Fsp3) is 0.926. The van der Waals surface area contributed by atoms with Gasteiger partial charge >= 0.3 is 0 Å². The van der Waals surface area contributed by atoms with Crippen molar-refractivity contribution in [3.8, 4) is 0 Å². The quantitative estimate of drug-likeness (QED) is 0.561. The van der Waals surface area contributed by atoms with Crippen molar-refractivity contribution in [1.82, 2.24) is 5.32 Å². The third kappa shape index (κ3) is 3.09. The van der Waals surface area contributed by atoms with Crippen LogP contribution in [-0.4, -0.2) is 35.0 Å². The molecule has 0 spiro atoms. The molecule has 0 aromatic heterocycles. The second kappa shape index (κ2) is 7.59. The number of allylic oxidation sites excluding steroid dienone is 1. The van der Waals surface area contributed by atoms with Gasteiger partial charge in [-0.15, -0.1) is 0 Å². The summed E-state index contributed by atoms with van der Waals surface area (Å²) in [6, 6.07) is 0.627. The molecule has 1 aliphatic heterocycles. The van der Waals surface area contributed by atoms with Crippen LogP contribution in [0.15, 0.2) is 11.6 Å². The molecule has 0 aromatic carbocycles. The van der Waals surface area contributed by atoms with Gasteiger partial charge in [0.15, 0.2) is 0 Å². The Morgan fingerprint density at radius 2 is 1.87 bits per heavy atom. The predicted octanol–water partition coefficient (Wildman–Crippen LogP) is 4.92. The minimum absolute atomic E-state index is 0.0706. The fourth-order valence-electron chi connectivity index (χ4n) is 9.25. The van der Waals surface area contributed by atoms with E-state index in [-0.39, 0.29) is 23.0 Å². The molecule has 0 radical (unpaired) electrons. The Morgan fingerprint density at radius 3 is 2.60 bits per heavy atom. The van der Waals surface area contributed by atoms with E-state index < -0.39 is 0 Å². The molecule has 3 saturated carbocycles. The maximum atomic E-state index is 11.7. The number of nitrogens with one attached hydrogen (secondary N) is 1. The lowest BCUT2D eigenvalue weighted by Gasteiger charge is -2.60. The Labute approximate surface area is 184 Å². The molecule has 11 atom stereocenters. The van der Waals surface area contributed by atoms with Gasteiger partial charge in [0, 0.05) is 6.04 Å². The van der Waals surface area contributed by atoms with E-state index in [2.05, 4.69) is 39.1 Å². The van der Waals surface area contributed by atoms with Crippen LogP contribution >= 0.6 is 0 Å². The van der Waals surface area contributed by atoms with E-state index in [1.807, 2.05) is 0 Å². The topological polar surface area (TPSA) is 52.5 Å². The van der Waals surface area contributed by atoms with Crippen LogP contribution in [0.5, 0.6) is 0 Å². The van der Waals surface area contributed by atoms with E-state index in [1.54, 1.807) is 0 Å². The van der Waals surface area contributed by atoms with Crippen molar-refractivity contribution in [3.05, 3.63) is 11.6 Å². The zero-order chi connectivity index (χ0) is 21.3. The minimum atomic E-state index is -0.177. The summed E-state index contributed by atoms with van der Waals surface area (Å²) in [6.45, 7) is 10.9. The van der Waals surface area contributed by atoms with Crippen LogP contribution in [0.3, 0.4) is 0 Å². The van der Waals surface area contributed by atoms with Gasteiger partial charge in [0.1, 0.15) is 0 Å². The summed E-state index contributed by atoms with van der Waals surface area (Å²) in [6.07, 6.45) is 12.5. The van der Waals surface area contributed by atoms with Crippen molar-refractivity contribution < 1.29 is 10.2 Å². The highest BCUT2D eigenvalue weighted by Crippen LogP contribution is 2.67. The number of hydrogen-bond acceptors (Lipinski definition) is 3. The van der Waals surface area contributed by atoms with Crippen molar-refractivity contribution >= 4 is 0 Å². The molecule has 3 heteroatoms. The zero-order valence-corrected chi connectivity index (χ0v) is 19.7. The molecule has 30 heavy (non-hydrogen) atoms. The number of aliphatic hydroxyl groups is 2. The molecule has 170 valence electrons. The number of fused-ring (bicyclic) bond motifs is 5. The van der Waals surface area contributed by atoms with Gasteiger partial charge in [-0.25, -0.2) is 0 Å². The van der Waals surface area contributed by atoms with E-state index in [1.165, 1.54) is 37.7 Å². The first-order chi connectivity index (χ1) is 14.2. The highest BCUT2D eigenvalue weighted by Gasteiger charge is 2.63. The van der Waals surface area contributed by atoms with Gasteiger partial charge < -0.3 is 15.5 Å². The molecule has 3 nitrogen and oxygen atoms in total. The van der Waals surface area contributed by atoms with Gasteiger partial charge in [0.25, 0.3) is 0 Å². The molecule has 3 N–H and O–H groups in total. The zero-order valence-electron chi connectivity index (χ0n) is 19.7. The molecule has 5 rings (SSSR count). The molecule has 0 amide bonds. The number of piperidine rings is 1. The van der Waals surface area contributed by atoms with Crippen LogP contribution in [0.2, 0.25) is 0 Å². The van der Waals surface area contributed by atoms with Gasteiger partial charge in [-0.3, -0.25) is 0 Å². The molecule has 4 fully saturated rings. The molecule has 4 aliphatic carbocycles. The summed E-state index contributed by atoms with van der Waals surface area (Å²) in [5, 5.41) is 25.8. The van der Waals surface area contributed by atoms with E-state index in [9.17, 15) is 10.2 Å². The van der Waals surface area contributed by atoms with Crippen LogP contribution in [-0.2, 0) is 0 Å². The van der Waals surface area contributed by atoms with Crippen molar-refractivity contribution in [1.29, 1.82) is 0 Å². The van der Waals surface area contributed by atoms with Crippen molar-refractivity contribution in [2.75, 3.05) is 6.54 Å². The van der Waals surface area contributed by atoms with Gasteiger partial charge in [0.2, 0.25) is 0 Å². The maximum Gasteiger partial charge on any atom is 0.0602 e. The highest BCUT2D eigenvalue weighted by molar-refractivity contribution is 5.26.